The van der Waals surface area contributed by atoms with Crippen molar-refractivity contribution < 1.29 is 4.73 Å². The van der Waals surface area contributed by atoms with Gasteiger partial charge < -0.3 is 9.77 Å². The van der Waals surface area contributed by atoms with Gasteiger partial charge in [-0.2, -0.15) is 4.73 Å². The Kier molecular flexibility index (Phi) is 6.34. The van der Waals surface area contributed by atoms with E-state index in [9.17, 15) is 5.21 Å². The molecule has 0 saturated carbocycles. The molecule has 8 nitrogen and oxygen atoms in total. The summed E-state index contributed by atoms with van der Waals surface area (Å²) in [7, 11) is 0. The van der Waals surface area contributed by atoms with Crippen LogP contribution in [0.5, 0.6) is 0 Å². The summed E-state index contributed by atoms with van der Waals surface area (Å²) in [5, 5.41) is 26.2. The van der Waals surface area contributed by atoms with Crippen LogP contribution in [0.2, 0.25) is 0 Å². The summed E-state index contributed by atoms with van der Waals surface area (Å²) in [5.74, 6) is 1.72. The molecule has 0 amide bonds. The topological polar surface area (TPSA) is 99.2 Å². The highest BCUT2D eigenvalue weighted by Crippen LogP contribution is 2.37. The predicted molar refractivity (Wildman–Crippen MR) is 134 cm³/mol. The van der Waals surface area contributed by atoms with Crippen molar-refractivity contribution >= 4 is 0 Å². The van der Waals surface area contributed by atoms with Crippen molar-refractivity contribution in [3.63, 3.8) is 0 Å². The molecule has 0 aliphatic carbocycles. The Morgan fingerprint density at radius 1 is 0.971 bits per heavy atom. The van der Waals surface area contributed by atoms with Gasteiger partial charge in [0.1, 0.15) is 5.82 Å². The van der Waals surface area contributed by atoms with Gasteiger partial charge in [-0.25, -0.2) is 10.1 Å². The van der Waals surface area contributed by atoms with E-state index in [0.29, 0.717) is 5.82 Å². The fourth-order valence-corrected chi connectivity index (χ4v) is 4.42. The Morgan fingerprint density at radius 3 is 2.49 bits per heavy atom. The van der Waals surface area contributed by atoms with E-state index in [-0.39, 0.29) is 0 Å². The van der Waals surface area contributed by atoms with Gasteiger partial charge in [0.2, 0.25) is 0 Å². The van der Waals surface area contributed by atoms with Crippen LogP contribution in [-0.2, 0) is 13.0 Å². The molecule has 0 saturated heterocycles. The number of rotatable bonds is 8. The summed E-state index contributed by atoms with van der Waals surface area (Å²) in [6.07, 6.45) is 8.40. The van der Waals surface area contributed by atoms with Crippen molar-refractivity contribution in [3.8, 4) is 33.6 Å². The van der Waals surface area contributed by atoms with Crippen molar-refractivity contribution in [2.75, 3.05) is 0 Å². The van der Waals surface area contributed by atoms with Crippen molar-refractivity contribution in [2.24, 2.45) is 0 Å². The monoisotopic (exact) mass is 465 g/mol. The number of benzene rings is 2. The van der Waals surface area contributed by atoms with Crippen LogP contribution in [0, 0.1) is 12.1 Å². The van der Waals surface area contributed by atoms with Crippen LogP contribution in [0.15, 0.2) is 73.2 Å². The zero-order chi connectivity index (χ0) is 24.2. The minimum absolute atomic E-state index is 0.607. The molecule has 0 bridgehead atoms. The molecular weight excluding hydrogens is 438 g/mol. The van der Waals surface area contributed by atoms with Gasteiger partial charge in [-0.3, -0.25) is 0 Å². The van der Waals surface area contributed by atoms with Crippen LogP contribution in [-0.4, -0.2) is 30.2 Å². The molecule has 0 spiro atoms. The molecular formula is C27H27N7O. The average molecular weight is 466 g/mol. The first kappa shape index (κ1) is 22.5. The van der Waals surface area contributed by atoms with Crippen LogP contribution in [0.25, 0.3) is 33.6 Å². The van der Waals surface area contributed by atoms with Gasteiger partial charge in [-0.1, -0.05) is 49.7 Å². The van der Waals surface area contributed by atoms with Gasteiger partial charge in [0.15, 0.2) is 18.2 Å². The first-order chi connectivity index (χ1) is 17.1. The first-order valence-corrected chi connectivity index (χ1v) is 11.8. The third-order valence-corrected chi connectivity index (χ3v) is 6.10. The lowest BCUT2D eigenvalue weighted by Gasteiger charge is -2.16. The summed E-state index contributed by atoms with van der Waals surface area (Å²) in [5.41, 5.74) is 7.16. The Bertz CT molecular complexity index is 1420. The molecule has 5 aromatic rings. The number of pyridine rings is 1. The summed E-state index contributed by atoms with van der Waals surface area (Å²) in [6.45, 7) is 4.97. The third-order valence-electron chi connectivity index (χ3n) is 6.10. The fraction of sp³-hybridized carbons (Fsp3) is 0.222. The van der Waals surface area contributed by atoms with Crippen LogP contribution in [0.4, 0.5) is 0 Å². The number of aromatic amines is 1. The Labute approximate surface area is 203 Å². The van der Waals surface area contributed by atoms with E-state index in [1.165, 1.54) is 12.4 Å². The molecule has 3 aromatic heterocycles. The molecule has 0 fully saturated rings. The number of nitrogens with zero attached hydrogens (tertiary/aromatic N) is 6. The largest absolute Gasteiger partial charge is 0.619 e. The van der Waals surface area contributed by atoms with Crippen LogP contribution in [0.1, 0.15) is 36.8 Å². The molecule has 0 atom stereocenters. The standard InChI is InChI=1S/C27H27N7O/c1-3-4-9-26-28-19(2)17-33(26)18-20-10-11-23(25(16-20)21-12-14-34(35)15-13-21)22-7-5-6-8-24(22)27-29-31-32-30-27/h5-8,10-17H,3-4,9,18H2,1-2H3,(H,29,30,31,32). The summed E-state index contributed by atoms with van der Waals surface area (Å²) in [4.78, 5) is 4.74. The van der Waals surface area contributed by atoms with Crippen molar-refractivity contribution in [3.05, 3.63) is 95.5 Å². The van der Waals surface area contributed by atoms with Gasteiger partial charge in [0, 0.05) is 36.9 Å². The number of imidazole rings is 1. The fourth-order valence-electron chi connectivity index (χ4n) is 4.42. The lowest BCUT2D eigenvalue weighted by atomic mass is 9.90. The molecule has 176 valence electrons. The molecule has 35 heavy (non-hydrogen) atoms. The minimum atomic E-state index is 0.607. The quantitative estimate of drug-likeness (QED) is 0.264. The number of hydrogen-bond donors (Lipinski definition) is 1. The van der Waals surface area contributed by atoms with Gasteiger partial charge in [-0.05, 0) is 57.7 Å². The average Bonchev–Trinajstić information content (AvgIpc) is 3.53. The summed E-state index contributed by atoms with van der Waals surface area (Å²) in [6, 6.07) is 18.2. The molecule has 2 aromatic carbocycles. The molecule has 8 heteroatoms. The van der Waals surface area contributed by atoms with E-state index in [2.05, 4.69) is 62.6 Å². The second-order valence-electron chi connectivity index (χ2n) is 8.65. The highest BCUT2D eigenvalue weighted by atomic mass is 16.5. The molecule has 0 unspecified atom stereocenters. The van der Waals surface area contributed by atoms with Crippen molar-refractivity contribution in [1.29, 1.82) is 0 Å². The number of H-pyrrole nitrogens is 1. The highest BCUT2D eigenvalue weighted by Gasteiger charge is 2.16. The van der Waals surface area contributed by atoms with Gasteiger partial charge in [0.25, 0.3) is 0 Å². The second kappa shape index (κ2) is 9.89. The maximum Gasteiger partial charge on any atom is 0.180 e. The molecule has 3 heterocycles. The minimum Gasteiger partial charge on any atom is -0.619 e. The van der Waals surface area contributed by atoms with Crippen molar-refractivity contribution in [1.82, 2.24) is 30.2 Å². The number of aryl methyl sites for hydroxylation is 2. The zero-order valence-corrected chi connectivity index (χ0v) is 19.8. The lowest BCUT2D eigenvalue weighted by molar-refractivity contribution is -0.605. The van der Waals surface area contributed by atoms with E-state index in [0.717, 1.165) is 75.4 Å². The smallest absolute Gasteiger partial charge is 0.180 e. The van der Waals surface area contributed by atoms with E-state index in [1.807, 2.05) is 37.3 Å². The van der Waals surface area contributed by atoms with Gasteiger partial charge in [-0.15, -0.1) is 5.10 Å². The zero-order valence-electron chi connectivity index (χ0n) is 19.8. The van der Waals surface area contributed by atoms with E-state index < -0.39 is 0 Å². The van der Waals surface area contributed by atoms with Gasteiger partial charge >= 0.3 is 0 Å². The SMILES string of the molecule is CCCCc1nc(C)cn1Cc1ccc(-c2ccccc2-c2nnn[nH]2)c(-c2cc[n+]([O-])cc2)c1. The van der Waals surface area contributed by atoms with Crippen molar-refractivity contribution in [2.45, 2.75) is 39.7 Å². The Morgan fingerprint density at radius 2 is 1.74 bits per heavy atom. The van der Waals surface area contributed by atoms with E-state index >= 15 is 0 Å². The number of tetrazole rings is 1. The first-order valence-electron chi connectivity index (χ1n) is 11.8. The highest BCUT2D eigenvalue weighted by molar-refractivity contribution is 5.90. The number of nitrogens with one attached hydrogen (secondary N) is 1. The number of aromatic nitrogens is 7. The third kappa shape index (κ3) is 4.82. The Hall–Kier alpha value is -4.33. The molecule has 0 aliphatic rings. The van der Waals surface area contributed by atoms with Gasteiger partial charge in [0.05, 0.1) is 5.69 Å². The normalized spacial score (nSPS) is 11.1. The van der Waals surface area contributed by atoms with Crippen LogP contribution < -0.4 is 4.73 Å². The number of hydrogen-bond acceptors (Lipinski definition) is 5. The predicted octanol–water partition coefficient (Wildman–Crippen LogP) is 4.73. The molecule has 5 rings (SSSR count). The molecule has 0 radical (unpaired) electrons. The lowest BCUT2D eigenvalue weighted by Crippen LogP contribution is -2.23. The maximum atomic E-state index is 11.7. The van der Waals surface area contributed by atoms with Crippen LogP contribution >= 0.6 is 0 Å². The summed E-state index contributed by atoms with van der Waals surface area (Å²) >= 11 is 0. The van der Waals surface area contributed by atoms with E-state index in [1.54, 1.807) is 0 Å². The second-order valence-corrected chi connectivity index (χ2v) is 8.65. The van der Waals surface area contributed by atoms with E-state index in [4.69, 9.17) is 4.98 Å². The summed E-state index contributed by atoms with van der Waals surface area (Å²) < 4.78 is 3.05. The Balaban J connectivity index is 1.61. The molecule has 1 N–H and O–H groups in total. The maximum absolute atomic E-state index is 11.7. The number of unbranched alkanes of at least 4 members (excludes halogenated alkanes) is 1. The van der Waals surface area contributed by atoms with Crippen LogP contribution in [0.3, 0.4) is 0 Å². The molecule has 0 aliphatic heterocycles.